The van der Waals surface area contributed by atoms with E-state index in [1.807, 2.05) is 5.51 Å². The molecule has 0 saturated heterocycles. The van der Waals surface area contributed by atoms with Gasteiger partial charge in [0.05, 0.1) is 11.2 Å². The van der Waals surface area contributed by atoms with E-state index in [1.165, 1.54) is 31.4 Å². The molecule has 0 radical (unpaired) electrons. The summed E-state index contributed by atoms with van der Waals surface area (Å²) in [5.74, 6) is 2.01. The molecule has 1 heterocycles. The predicted octanol–water partition coefficient (Wildman–Crippen LogP) is 2.42. The monoisotopic (exact) mass is 208 g/mol. The Hall–Kier alpha value is -0.410. The average molecular weight is 208 g/mol. The maximum absolute atomic E-state index is 4.30. The van der Waals surface area contributed by atoms with E-state index in [0.717, 1.165) is 24.4 Å². The van der Waals surface area contributed by atoms with E-state index in [1.54, 1.807) is 11.3 Å². The van der Waals surface area contributed by atoms with E-state index in [2.05, 4.69) is 15.7 Å². The van der Waals surface area contributed by atoms with Gasteiger partial charge in [-0.15, -0.1) is 11.3 Å². The van der Waals surface area contributed by atoms with Crippen LogP contribution in [0.15, 0.2) is 10.9 Å². The molecule has 1 aromatic rings. The number of hydrogen-bond donors (Lipinski definition) is 1. The third-order valence-electron chi connectivity index (χ3n) is 3.77. The van der Waals surface area contributed by atoms with Crippen LogP contribution in [0.25, 0.3) is 0 Å². The van der Waals surface area contributed by atoms with E-state index >= 15 is 0 Å². The van der Waals surface area contributed by atoms with E-state index < -0.39 is 0 Å². The first-order valence-electron chi connectivity index (χ1n) is 5.52. The normalized spacial score (nSPS) is 35.3. The maximum Gasteiger partial charge on any atom is 0.0795 e. The van der Waals surface area contributed by atoms with Gasteiger partial charge in [-0.05, 0) is 31.1 Å². The highest BCUT2D eigenvalue weighted by atomic mass is 32.1. The number of rotatable bonds is 3. The molecule has 14 heavy (non-hydrogen) atoms. The van der Waals surface area contributed by atoms with Crippen LogP contribution in [0.2, 0.25) is 0 Å². The molecule has 0 amide bonds. The molecule has 3 heteroatoms. The zero-order valence-corrected chi connectivity index (χ0v) is 9.09. The quantitative estimate of drug-likeness (QED) is 0.825. The topological polar surface area (TPSA) is 24.9 Å². The SMILES string of the molecule is c1nc(CNC2CC3CCC2C3)cs1. The molecule has 2 nitrogen and oxygen atoms in total. The lowest BCUT2D eigenvalue weighted by molar-refractivity contribution is 0.349. The van der Waals surface area contributed by atoms with E-state index in [4.69, 9.17) is 0 Å². The van der Waals surface area contributed by atoms with Crippen molar-refractivity contribution in [1.82, 2.24) is 10.3 Å². The van der Waals surface area contributed by atoms with Gasteiger partial charge in [-0.1, -0.05) is 6.42 Å². The number of aromatic nitrogens is 1. The van der Waals surface area contributed by atoms with Crippen molar-refractivity contribution in [2.45, 2.75) is 38.3 Å². The first-order chi connectivity index (χ1) is 6.92. The fourth-order valence-corrected chi connectivity index (χ4v) is 3.61. The van der Waals surface area contributed by atoms with Crippen LogP contribution in [0.3, 0.4) is 0 Å². The number of nitrogens with one attached hydrogen (secondary N) is 1. The summed E-state index contributed by atoms with van der Waals surface area (Å²) in [7, 11) is 0. The Morgan fingerprint density at radius 3 is 3.07 bits per heavy atom. The van der Waals surface area contributed by atoms with Crippen LogP contribution in [-0.4, -0.2) is 11.0 Å². The van der Waals surface area contributed by atoms with Crippen molar-refractivity contribution in [2.24, 2.45) is 11.8 Å². The highest BCUT2D eigenvalue weighted by Gasteiger charge is 2.38. The Labute approximate surface area is 88.7 Å². The molecule has 2 saturated carbocycles. The minimum absolute atomic E-state index is 0.787. The summed E-state index contributed by atoms with van der Waals surface area (Å²) >= 11 is 1.69. The van der Waals surface area contributed by atoms with Crippen LogP contribution >= 0.6 is 11.3 Å². The Morgan fingerprint density at radius 2 is 2.43 bits per heavy atom. The highest BCUT2D eigenvalue weighted by molar-refractivity contribution is 7.07. The summed E-state index contributed by atoms with van der Waals surface area (Å²) < 4.78 is 0. The zero-order chi connectivity index (χ0) is 9.38. The molecule has 0 spiro atoms. The summed E-state index contributed by atoms with van der Waals surface area (Å²) in [5.41, 5.74) is 3.12. The third-order valence-corrected chi connectivity index (χ3v) is 4.40. The van der Waals surface area contributed by atoms with Crippen molar-refractivity contribution in [3.8, 4) is 0 Å². The van der Waals surface area contributed by atoms with Crippen LogP contribution in [0.5, 0.6) is 0 Å². The van der Waals surface area contributed by atoms with Crippen LogP contribution in [0, 0.1) is 11.8 Å². The molecule has 3 rings (SSSR count). The lowest BCUT2D eigenvalue weighted by Gasteiger charge is -2.22. The van der Waals surface area contributed by atoms with Crippen molar-refractivity contribution in [2.75, 3.05) is 0 Å². The molecule has 0 aliphatic heterocycles. The molecular weight excluding hydrogens is 192 g/mol. The van der Waals surface area contributed by atoms with Gasteiger partial charge in [0, 0.05) is 18.0 Å². The third kappa shape index (κ3) is 1.59. The maximum atomic E-state index is 4.30. The summed E-state index contributed by atoms with van der Waals surface area (Å²) in [6, 6.07) is 0.787. The Kier molecular flexibility index (Phi) is 2.30. The standard InChI is InChI=1S/C11H16N2S/c1-2-9-3-8(1)4-11(9)12-5-10-6-14-7-13-10/h6-9,11-12H,1-5H2. The molecule has 2 aliphatic carbocycles. The minimum atomic E-state index is 0.787. The number of nitrogens with zero attached hydrogens (tertiary/aromatic N) is 1. The average Bonchev–Trinajstić information content (AvgIpc) is 2.91. The van der Waals surface area contributed by atoms with E-state index in [-0.39, 0.29) is 0 Å². The molecular formula is C11H16N2S. The van der Waals surface area contributed by atoms with E-state index in [0.29, 0.717) is 0 Å². The molecule has 76 valence electrons. The van der Waals surface area contributed by atoms with Crippen molar-refractivity contribution in [1.29, 1.82) is 0 Å². The predicted molar refractivity (Wildman–Crippen MR) is 58.2 cm³/mol. The number of hydrogen-bond acceptors (Lipinski definition) is 3. The zero-order valence-electron chi connectivity index (χ0n) is 8.28. The first-order valence-corrected chi connectivity index (χ1v) is 6.46. The Bertz CT molecular complexity index is 296. The second kappa shape index (κ2) is 3.63. The van der Waals surface area contributed by atoms with Crippen molar-refractivity contribution in [3.63, 3.8) is 0 Å². The van der Waals surface area contributed by atoms with Gasteiger partial charge in [-0.2, -0.15) is 0 Å². The van der Waals surface area contributed by atoms with Crippen molar-refractivity contribution in [3.05, 3.63) is 16.6 Å². The lowest BCUT2D eigenvalue weighted by Crippen LogP contribution is -2.33. The van der Waals surface area contributed by atoms with Gasteiger partial charge in [0.2, 0.25) is 0 Å². The smallest absolute Gasteiger partial charge is 0.0795 e. The first kappa shape index (κ1) is 8.86. The highest BCUT2D eigenvalue weighted by Crippen LogP contribution is 2.44. The molecule has 1 aromatic heterocycles. The summed E-state index contributed by atoms with van der Waals surface area (Å²) in [6.07, 6.45) is 5.84. The second-order valence-corrected chi connectivity index (χ2v) is 5.36. The Morgan fingerprint density at radius 1 is 1.43 bits per heavy atom. The molecule has 2 fully saturated rings. The van der Waals surface area contributed by atoms with Gasteiger partial charge in [-0.3, -0.25) is 0 Å². The molecule has 0 aromatic carbocycles. The van der Waals surface area contributed by atoms with Crippen LogP contribution in [0.1, 0.15) is 31.4 Å². The summed E-state index contributed by atoms with van der Waals surface area (Å²) in [4.78, 5) is 4.30. The summed E-state index contributed by atoms with van der Waals surface area (Å²) in [6.45, 7) is 0.970. The second-order valence-electron chi connectivity index (χ2n) is 4.64. The Balaban J connectivity index is 1.54. The largest absolute Gasteiger partial charge is 0.308 e. The summed E-state index contributed by atoms with van der Waals surface area (Å²) in [5, 5.41) is 5.80. The number of thiazole rings is 1. The van der Waals surface area contributed by atoms with Gasteiger partial charge in [0.25, 0.3) is 0 Å². The van der Waals surface area contributed by atoms with Crippen LogP contribution < -0.4 is 5.32 Å². The molecule has 3 unspecified atom stereocenters. The van der Waals surface area contributed by atoms with Gasteiger partial charge >= 0.3 is 0 Å². The molecule has 1 N–H and O–H groups in total. The number of fused-ring (bicyclic) bond motifs is 2. The van der Waals surface area contributed by atoms with Crippen LogP contribution in [-0.2, 0) is 6.54 Å². The fourth-order valence-electron chi connectivity index (χ4n) is 3.06. The van der Waals surface area contributed by atoms with Gasteiger partial charge in [0.15, 0.2) is 0 Å². The van der Waals surface area contributed by atoms with Gasteiger partial charge in [-0.25, -0.2) is 4.98 Å². The lowest BCUT2D eigenvalue weighted by atomic mass is 9.95. The minimum Gasteiger partial charge on any atom is -0.308 e. The molecule has 3 atom stereocenters. The van der Waals surface area contributed by atoms with Crippen molar-refractivity contribution >= 4 is 11.3 Å². The molecule has 2 bridgehead atoms. The van der Waals surface area contributed by atoms with Crippen molar-refractivity contribution < 1.29 is 0 Å². The fraction of sp³-hybridized carbons (Fsp3) is 0.727. The molecule has 2 aliphatic rings. The van der Waals surface area contributed by atoms with Gasteiger partial charge < -0.3 is 5.32 Å². The van der Waals surface area contributed by atoms with Crippen LogP contribution in [0.4, 0.5) is 0 Å². The van der Waals surface area contributed by atoms with E-state index in [9.17, 15) is 0 Å². The van der Waals surface area contributed by atoms with Gasteiger partial charge in [0.1, 0.15) is 0 Å².